The van der Waals surface area contributed by atoms with Crippen LogP contribution in [0.4, 0.5) is 0 Å². The maximum Gasteiger partial charge on any atom is 0.268 e. The number of amides is 2. The molecule has 30 heavy (non-hydrogen) atoms. The minimum Gasteiger partial charge on any atom is -0.351 e. The number of carbonyl (C=O) groups excluding carboxylic acids is 3. The van der Waals surface area contributed by atoms with Crippen LogP contribution in [0.25, 0.3) is 10.9 Å². The molecule has 0 spiro atoms. The summed E-state index contributed by atoms with van der Waals surface area (Å²) in [6, 6.07) is 8.93. The van der Waals surface area contributed by atoms with E-state index >= 15 is 0 Å². The van der Waals surface area contributed by atoms with Crippen LogP contribution < -0.4 is 10.6 Å². The molecule has 1 heterocycles. The van der Waals surface area contributed by atoms with Gasteiger partial charge in [-0.25, -0.2) is 0 Å². The van der Waals surface area contributed by atoms with Crippen molar-refractivity contribution in [2.45, 2.75) is 64.5 Å². The van der Waals surface area contributed by atoms with E-state index in [-0.39, 0.29) is 42.0 Å². The van der Waals surface area contributed by atoms with Crippen LogP contribution in [0.2, 0.25) is 0 Å². The SMILES string of the molecule is CCCC[C@H](NC(=O)c1cc2ccccc2n1C)C(=O)NC1CCC[C@H]1C(C)=O.Cl. The largest absolute Gasteiger partial charge is 0.351 e. The first-order valence-corrected chi connectivity index (χ1v) is 10.6. The third-order valence-corrected chi connectivity index (χ3v) is 6.02. The molecule has 2 amide bonds. The predicted octanol–water partition coefficient (Wildman–Crippen LogP) is 3.76. The molecule has 2 aromatic rings. The summed E-state index contributed by atoms with van der Waals surface area (Å²) in [5, 5.41) is 6.96. The monoisotopic (exact) mass is 433 g/mol. The van der Waals surface area contributed by atoms with E-state index < -0.39 is 6.04 Å². The van der Waals surface area contributed by atoms with Crippen LogP contribution in [0.1, 0.15) is 62.9 Å². The van der Waals surface area contributed by atoms with Crippen molar-refractivity contribution in [2.75, 3.05) is 0 Å². The maximum atomic E-state index is 13.0. The van der Waals surface area contributed by atoms with E-state index in [9.17, 15) is 14.4 Å². The summed E-state index contributed by atoms with van der Waals surface area (Å²) in [5.74, 6) is -0.435. The van der Waals surface area contributed by atoms with E-state index in [0.717, 1.165) is 43.0 Å². The number of nitrogens with zero attached hydrogens (tertiary/aromatic N) is 1. The van der Waals surface area contributed by atoms with Gasteiger partial charge >= 0.3 is 0 Å². The molecule has 1 fully saturated rings. The van der Waals surface area contributed by atoms with Gasteiger partial charge in [0.15, 0.2) is 0 Å². The minimum absolute atomic E-state index is 0. The first-order chi connectivity index (χ1) is 13.9. The smallest absolute Gasteiger partial charge is 0.268 e. The molecule has 0 aliphatic heterocycles. The molecule has 1 unspecified atom stereocenters. The summed E-state index contributed by atoms with van der Waals surface area (Å²) in [5.41, 5.74) is 1.51. The number of halogens is 1. The van der Waals surface area contributed by atoms with Crippen molar-refractivity contribution < 1.29 is 14.4 Å². The first-order valence-electron chi connectivity index (χ1n) is 10.6. The van der Waals surface area contributed by atoms with Crippen molar-refractivity contribution in [3.05, 3.63) is 36.0 Å². The lowest BCUT2D eigenvalue weighted by Crippen LogP contribution is -2.51. The van der Waals surface area contributed by atoms with Gasteiger partial charge in [0.05, 0.1) is 0 Å². The van der Waals surface area contributed by atoms with Crippen molar-refractivity contribution in [3.8, 4) is 0 Å². The van der Waals surface area contributed by atoms with E-state index in [4.69, 9.17) is 0 Å². The number of hydrogen-bond donors (Lipinski definition) is 2. The van der Waals surface area contributed by atoms with Gasteiger partial charge in [0.25, 0.3) is 5.91 Å². The van der Waals surface area contributed by atoms with Crippen molar-refractivity contribution in [1.82, 2.24) is 15.2 Å². The van der Waals surface area contributed by atoms with Crippen molar-refractivity contribution in [3.63, 3.8) is 0 Å². The highest BCUT2D eigenvalue weighted by Crippen LogP contribution is 2.26. The van der Waals surface area contributed by atoms with Gasteiger partial charge in [-0.2, -0.15) is 0 Å². The quantitative estimate of drug-likeness (QED) is 0.665. The molecule has 0 bridgehead atoms. The normalized spacial score (nSPS) is 19.2. The van der Waals surface area contributed by atoms with Gasteiger partial charge in [-0.3, -0.25) is 14.4 Å². The topological polar surface area (TPSA) is 80.2 Å². The molecule has 0 radical (unpaired) electrons. The number of aromatic nitrogens is 1. The molecule has 3 atom stereocenters. The lowest BCUT2D eigenvalue weighted by atomic mass is 9.98. The third kappa shape index (κ3) is 5.22. The van der Waals surface area contributed by atoms with Crippen LogP contribution in [-0.2, 0) is 16.6 Å². The van der Waals surface area contributed by atoms with E-state index in [1.807, 2.05) is 41.9 Å². The van der Waals surface area contributed by atoms with Gasteiger partial charge in [-0.15, -0.1) is 12.4 Å². The molecule has 164 valence electrons. The highest BCUT2D eigenvalue weighted by molar-refractivity contribution is 6.00. The first kappa shape index (κ1) is 23.9. The Balaban J connectivity index is 0.00000320. The lowest BCUT2D eigenvalue weighted by molar-refractivity contribution is -0.125. The van der Waals surface area contributed by atoms with Crippen LogP contribution in [0.15, 0.2) is 30.3 Å². The maximum absolute atomic E-state index is 13.0. The molecular weight excluding hydrogens is 402 g/mol. The number of aryl methyl sites for hydroxylation is 1. The molecule has 7 heteroatoms. The fraction of sp³-hybridized carbons (Fsp3) is 0.522. The lowest BCUT2D eigenvalue weighted by Gasteiger charge is -2.24. The molecular formula is C23H32ClN3O3. The van der Waals surface area contributed by atoms with Crippen molar-refractivity contribution in [1.29, 1.82) is 0 Å². The number of ketones is 1. The third-order valence-electron chi connectivity index (χ3n) is 6.02. The van der Waals surface area contributed by atoms with E-state index in [1.165, 1.54) is 0 Å². The fourth-order valence-electron chi connectivity index (χ4n) is 4.32. The Bertz CT molecular complexity index is 908. The molecule has 1 saturated carbocycles. The second kappa shape index (κ2) is 10.6. The van der Waals surface area contributed by atoms with Crippen LogP contribution in [0.5, 0.6) is 0 Å². The van der Waals surface area contributed by atoms with Gasteiger partial charge in [0.1, 0.15) is 17.5 Å². The zero-order valence-electron chi connectivity index (χ0n) is 17.9. The van der Waals surface area contributed by atoms with Crippen molar-refractivity contribution >= 4 is 40.9 Å². The van der Waals surface area contributed by atoms with Crippen LogP contribution in [-0.4, -0.2) is 34.2 Å². The van der Waals surface area contributed by atoms with Gasteiger partial charge < -0.3 is 15.2 Å². The molecule has 3 rings (SSSR count). The standard InChI is InChI=1S/C23H31N3O3.ClH/c1-4-5-11-19(22(28)24-18-12-8-10-17(18)15(2)27)25-23(29)21-14-16-9-6-7-13-20(16)26(21)3;/h6-7,9,13-14,17-19H,4-5,8,10-12H2,1-3H3,(H,24,28)(H,25,29);1H/t17-,18?,19-;/m0./s1. The van der Waals surface area contributed by atoms with E-state index in [2.05, 4.69) is 17.6 Å². The molecule has 1 aliphatic rings. The Labute approximate surface area is 184 Å². The summed E-state index contributed by atoms with van der Waals surface area (Å²) >= 11 is 0. The van der Waals surface area contributed by atoms with Crippen LogP contribution >= 0.6 is 12.4 Å². The van der Waals surface area contributed by atoms with E-state index in [0.29, 0.717) is 12.1 Å². The number of rotatable bonds is 8. The fourth-order valence-corrected chi connectivity index (χ4v) is 4.32. The Morgan fingerprint density at radius 2 is 1.93 bits per heavy atom. The number of fused-ring (bicyclic) bond motifs is 1. The van der Waals surface area contributed by atoms with E-state index in [1.54, 1.807) is 6.92 Å². The highest BCUT2D eigenvalue weighted by atomic mass is 35.5. The van der Waals surface area contributed by atoms with Gasteiger partial charge in [-0.1, -0.05) is 44.4 Å². The van der Waals surface area contributed by atoms with Crippen LogP contribution in [0, 0.1) is 5.92 Å². The number of benzene rings is 1. The Hall–Kier alpha value is -2.34. The zero-order chi connectivity index (χ0) is 21.0. The second-order valence-electron chi connectivity index (χ2n) is 8.08. The number of para-hydroxylation sites is 1. The second-order valence-corrected chi connectivity index (χ2v) is 8.08. The number of unbranched alkanes of at least 4 members (excludes halogenated alkanes) is 1. The van der Waals surface area contributed by atoms with Gasteiger partial charge in [0, 0.05) is 29.9 Å². The van der Waals surface area contributed by atoms with Crippen LogP contribution in [0.3, 0.4) is 0 Å². The summed E-state index contributed by atoms with van der Waals surface area (Å²) in [6.07, 6.45) is 4.93. The molecule has 6 nitrogen and oxygen atoms in total. The summed E-state index contributed by atoms with van der Waals surface area (Å²) in [7, 11) is 1.86. The highest BCUT2D eigenvalue weighted by Gasteiger charge is 2.33. The van der Waals surface area contributed by atoms with Gasteiger partial charge in [-0.05, 0) is 38.3 Å². The average Bonchev–Trinajstić information content (AvgIpc) is 3.30. The molecule has 1 aliphatic carbocycles. The summed E-state index contributed by atoms with van der Waals surface area (Å²) < 4.78 is 1.85. The number of hydrogen-bond acceptors (Lipinski definition) is 3. The Kier molecular flexibility index (Phi) is 8.47. The Morgan fingerprint density at radius 3 is 2.60 bits per heavy atom. The molecule has 1 aromatic heterocycles. The van der Waals surface area contributed by atoms with Gasteiger partial charge in [0.2, 0.25) is 5.91 Å². The zero-order valence-corrected chi connectivity index (χ0v) is 18.8. The minimum atomic E-state index is -0.603. The summed E-state index contributed by atoms with van der Waals surface area (Å²) in [4.78, 5) is 37.8. The average molecular weight is 434 g/mol. The molecule has 1 aromatic carbocycles. The predicted molar refractivity (Wildman–Crippen MR) is 121 cm³/mol. The number of nitrogens with one attached hydrogen (secondary N) is 2. The number of carbonyl (C=O) groups is 3. The molecule has 2 N–H and O–H groups in total. The Morgan fingerprint density at radius 1 is 1.20 bits per heavy atom. The molecule has 0 saturated heterocycles. The van der Waals surface area contributed by atoms with Crippen molar-refractivity contribution in [2.24, 2.45) is 13.0 Å². The number of Topliss-reactive ketones (excluding diaryl/α,β-unsaturated/α-hetero) is 1. The summed E-state index contributed by atoms with van der Waals surface area (Å²) in [6.45, 7) is 3.65.